The van der Waals surface area contributed by atoms with Gasteiger partial charge in [-0.2, -0.15) is 0 Å². The summed E-state index contributed by atoms with van der Waals surface area (Å²) >= 11 is 0. The van der Waals surface area contributed by atoms with Crippen LogP contribution in [0.15, 0.2) is 0 Å². The predicted octanol–water partition coefficient (Wildman–Crippen LogP) is 0.436. The van der Waals surface area contributed by atoms with E-state index in [1.165, 1.54) is 0 Å². The van der Waals surface area contributed by atoms with Gasteiger partial charge in [0.2, 0.25) is 0 Å². The summed E-state index contributed by atoms with van der Waals surface area (Å²) in [6.07, 6.45) is 2.80. The molecule has 0 aliphatic heterocycles. The zero-order chi connectivity index (χ0) is 5.28. The van der Waals surface area contributed by atoms with Gasteiger partial charge in [0.1, 0.15) is 0 Å². The first-order chi connectivity index (χ1) is 3.30. The molecule has 1 aliphatic rings. The normalized spacial score (nSPS) is 36.8. The number of halogens is 1. The molecule has 0 aromatic carbocycles. The van der Waals surface area contributed by atoms with E-state index >= 15 is 0 Å². The van der Waals surface area contributed by atoms with Crippen LogP contribution in [-0.2, 0) is 0 Å². The fraction of sp³-hybridized carbons (Fsp3) is 1.00. The summed E-state index contributed by atoms with van der Waals surface area (Å²) in [4.78, 5) is 0. The van der Waals surface area contributed by atoms with Crippen molar-refractivity contribution in [1.82, 2.24) is 0 Å². The lowest BCUT2D eigenvalue weighted by Gasteiger charge is -2.04. The average Bonchev–Trinajstić information content (AvgIpc) is 1.91. The standard InChI is InChI=1S/C5H11NO.BrH/c6-4-2-1-3-5(4)7;/h4-5,7H,1-3,6H2;1H/t4-,5-;/m0./s1. The quantitative estimate of drug-likeness (QED) is 0.570. The smallest absolute Gasteiger partial charge is 0.0691 e. The summed E-state index contributed by atoms with van der Waals surface area (Å²) < 4.78 is 0. The molecule has 1 rings (SSSR count). The molecular formula is C5H12BrNO. The minimum Gasteiger partial charge on any atom is -0.392 e. The van der Waals surface area contributed by atoms with Crippen molar-refractivity contribution < 1.29 is 5.11 Å². The van der Waals surface area contributed by atoms with Crippen LogP contribution in [0, 0.1) is 0 Å². The molecule has 0 heterocycles. The SMILES string of the molecule is Br.N[C@H]1CCC[C@@H]1O. The van der Waals surface area contributed by atoms with Gasteiger partial charge in [-0.1, -0.05) is 0 Å². The Kier molecular flexibility index (Phi) is 3.60. The number of aliphatic hydroxyl groups is 1. The van der Waals surface area contributed by atoms with Gasteiger partial charge >= 0.3 is 0 Å². The number of aliphatic hydroxyl groups excluding tert-OH is 1. The van der Waals surface area contributed by atoms with Gasteiger partial charge in [-0.05, 0) is 19.3 Å². The van der Waals surface area contributed by atoms with E-state index in [2.05, 4.69) is 0 Å². The number of rotatable bonds is 0. The Morgan fingerprint density at radius 2 is 2.00 bits per heavy atom. The van der Waals surface area contributed by atoms with Crippen molar-refractivity contribution in [2.75, 3.05) is 0 Å². The van der Waals surface area contributed by atoms with Gasteiger partial charge in [-0.3, -0.25) is 0 Å². The minimum atomic E-state index is -0.208. The molecule has 8 heavy (non-hydrogen) atoms. The van der Waals surface area contributed by atoms with Crippen molar-refractivity contribution in [2.45, 2.75) is 31.4 Å². The Bertz CT molecular complexity index is 61.4. The topological polar surface area (TPSA) is 46.2 Å². The molecule has 0 unspecified atom stereocenters. The van der Waals surface area contributed by atoms with Crippen LogP contribution in [0.4, 0.5) is 0 Å². The predicted molar refractivity (Wildman–Crippen MR) is 38.2 cm³/mol. The van der Waals surface area contributed by atoms with E-state index in [0.717, 1.165) is 19.3 Å². The third-order valence-electron chi connectivity index (χ3n) is 1.53. The van der Waals surface area contributed by atoms with Crippen LogP contribution >= 0.6 is 17.0 Å². The summed E-state index contributed by atoms with van der Waals surface area (Å²) in [6.45, 7) is 0. The van der Waals surface area contributed by atoms with Crippen LogP contribution < -0.4 is 5.73 Å². The van der Waals surface area contributed by atoms with Crippen molar-refractivity contribution in [3.63, 3.8) is 0 Å². The van der Waals surface area contributed by atoms with Crippen LogP contribution in [-0.4, -0.2) is 17.3 Å². The van der Waals surface area contributed by atoms with Gasteiger partial charge in [-0.25, -0.2) is 0 Å². The Morgan fingerprint density at radius 3 is 2.12 bits per heavy atom. The first kappa shape index (κ1) is 8.40. The maximum Gasteiger partial charge on any atom is 0.0691 e. The second-order valence-corrected chi connectivity index (χ2v) is 2.16. The second-order valence-electron chi connectivity index (χ2n) is 2.16. The third-order valence-corrected chi connectivity index (χ3v) is 1.53. The van der Waals surface area contributed by atoms with E-state index in [0.29, 0.717) is 0 Å². The molecule has 2 atom stereocenters. The molecule has 1 fully saturated rings. The Hall–Kier alpha value is 0.400. The van der Waals surface area contributed by atoms with Gasteiger partial charge in [0.25, 0.3) is 0 Å². The van der Waals surface area contributed by atoms with Gasteiger partial charge in [0.05, 0.1) is 6.10 Å². The zero-order valence-electron chi connectivity index (χ0n) is 4.71. The van der Waals surface area contributed by atoms with Crippen molar-refractivity contribution in [1.29, 1.82) is 0 Å². The fourth-order valence-electron chi connectivity index (χ4n) is 0.969. The van der Waals surface area contributed by atoms with Crippen molar-refractivity contribution in [2.24, 2.45) is 5.73 Å². The minimum absolute atomic E-state index is 0. The summed E-state index contributed by atoms with van der Waals surface area (Å²) in [5.74, 6) is 0. The largest absolute Gasteiger partial charge is 0.392 e. The highest BCUT2D eigenvalue weighted by atomic mass is 79.9. The molecule has 0 radical (unpaired) electrons. The highest BCUT2D eigenvalue weighted by Crippen LogP contribution is 2.15. The molecule has 1 saturated carbocycles. The molecule has 1 aliphatic carbocycles. The Morgan fingerprint density at radius 1 is 1.38 bits per heavy atom. The van der Waals surface area contributed by atoms with E-state index in [4.69, 9.17) is 10.8 Å². The Balaban J connectivity index is 0.000000490. The van der Waals surface area contributed by atoms with E-state index < -0.39 is 0 Å². The fourth-order valence-corrected chi connectivity index (χ4v) is 0.969. The summed E-state index contributed by atoms with van der Waals surface area (Å²) in [7, 11) is 0. The van der Waals surface area contributed by atoms with Crippen LogP contribution in [0.2, 0.25) is 0 Å². The van der Waals surface area contributed by atoms with Crippen LogP contribution in [0.1, 0.15) is 19.3 Å². The molecule has 0 spiro atoms. The molecule has 0 amide bonds. The highest BCUT2D eigenvalue weighted by molar-refractivity contribution is 8.93. The first-order valence-electron chi connectivity index (χ1n) is 2.74. The average molecular weight is 182 g/mol. The monoisotopic (exact) mass is 181 g/mol. The second kappa shape index (κ2) is 3.43. The molecule has 0 aromatic rings. The van der Waals surface area contributed by atoms with Gasteiger partial charge in [0.15, 0.2) is 0 Å². The molecule has 0 bridgehead atoms. The van der Waals surface area contributed by atoms with E-state index in [-0.39, 0.29) is 29.1 Å². The van der Waals surface area contributed by atoms with Crippen molar-refractivity contribution in [3.8, 4) is 0 Å². The van der Waals surface area contributed by atoms with Crippen LogP contribution in [0.25, 0.3) is 0 Å². The lowest BCUT2D eigenvalue weighted by Crippen LogP contribution is -2.28. The maximum absolute atomic E-state index is 8.87. The molecular weight excluding hydrogens is 170 g/mol. The van der Waals surface area contributed by atoms with Crippen molar-refractivity contribution >= 4 is 17.0 Å². The molecule has 3 N–H and O–H groups in total. The van der Waals surface area contributed by atoms with E-state index in [1.54, 1.807) is 0 Å². The van der Waals surface area contributed by atoms with Crippen molar-refractivity contribution in [3.05, 3.63) is 0 Å². The molecule has 3 heteroatoms. The Labute approximate surface area is 59.8 Å². The summed E-state index contributed by atoms with van der Waals surface area (Å²) in [5, 5.41) is 8.87. The van der Waals surface area contributed by atoms with Crippen LogP contribution in [0.3, 0.4) is 0 Å². The molecule has 50 valence electrons. The lowest BCUT2D eigenvalue weighted by molar-refractivity contribution is 0.165. The van der Waals surface area contributed by atoms with Gasteiger partial charge in [0, 0.05) is 6.04 Å². The van der Waals surface area contributed by atoms with Gasteiger partial charge in [-0.15, -0.1) is 17.0 Å². The van der Waals surface area contributed by atoms with E-state index in [9.17, 15) is 0 Å². The summed E-state index contributed by atoms with van der Waals surface area (Å²) in [6, 6.07) is 0.0694. The molecule has 0 saturated heterocycles. The molecule has 0 aromatic heterocycles. The molecule has 2 nitrogen and oxygen atoms in total. The van der Waals surface area contributed by atoms with Gasteiger partial charge < -0.3 is 10.8 Å². The summed E-state index contributed by atoms with van der Waals surface area (Å²) in [5.41, 5.74) is 5.43. The maximum atomic E-state index is 8.87. The number of nitrogens with two attached hydrogens (primary N) is 1. The number of hydrogen-bond acceptors (Lipinski definition) is 2. The first-order valence-corrected chi connectivity index (χ1v) is 2.74. The number of hydrogen-bond donors (Lipinski definition) is 2. The zero-order valence-corrected chi connectivity index (χ0v) is 6.42. The third kappa shape index (κ3) is 1.73. The highest BCUT2D eigenvalue weighted by Gasteiger charge is 2.20. The van der Waals surface area contributed by atoms with E-state index in [1.807, 2.05) is 0 Å². The van der Waals surface area contributed by atoms with Crippen LogP contribution in [0.5, 0.6) is 0 Å². The lowest BCUT2D eigenvalue weighted by atomic mass is 10.2.